The van der Waals surface area contributed by atoms with Crippen LogP contribution in [0.4, 0.5) is 0 Å². The van der Waals surface area contributed by atoms with Gasteiger partial charge in [0.1, 0.15) is 0 Å². The molecule has 26 heavy (non-hydrogen) atoms. The molecule has 7 nitrogen and oxygen atoms in total. The second-order valence-electron chi connectivity index (χ2n) is 7.62. The van der Waals surface area contributed by atoms with E-state index in [0.29, 0.717) is 6.54 Å². The number of aryl methyl sites for hydroxylation is 1. The fourth-order valence-corrected chi connectivity index (χ4v) is 4.15. The highest BCUT2D eigenvalue weighted by molar-refractivity contribution is 5.85. The number of carbonyl (C=O) groups excluding carboxylic acids is 2. The molecule has 8 heteroatoms. The van der Waals surface area contributed by atoms with Crippen LogP contribution in [-0.2, 0) is 16.6 Å². The number of nitrogens with zero attached hydrogens (tertiary/aromatic N) is 3. The maximum Gasteiger partial charge on any atom is 0.225 e. The van der Waals surface area contributed by atoms with Crippen LogP contribution in [0.2, 0.25) is 0 Å². The lowest BCUT2D eigenvalue weighted by atomic mass is 9.84. The molecule has 2 fully saturated rings. The van der Waals surface area contributed by atoms with Crippen LogP contribution in [0.5, 0.6) is 0 Å². The monoisotopic (exact) mass is 383 g/mol. The minimum Gasteiger partial charge on any atom is -0.353 e. The Morgan fingerprint density at radius 1 is 1.31 bits per heavy atom. The number of amides is 2. The molecule has 1 saturated heterocycles. The van der Waals surface area contributed by atoms with Gasteiger partial charge in [-0.05, 0) is 24.8 Å². The molecule has 2 unspecified atom stereocenters. The first-order valence-corrected chi connectivity index (χ1v) is 9.16. The molecule has 146 valence electrons. The molecule has 1 aliphatic heterocycles. The molecule has 0 radical (unpaired) electrons. The van der Waals surface area contributed by atoms with Crippen LogP contribution in [0.3, 0.4) is 0 Å². The molecule has 1 aromatic heterocycles. The summed E-state index contributed by atoms with van der Waals surface area (Å²) in [6, 6.07) is 0.102. The van der Waals surface area contributed by atoms with Crippen molar-refractivity contribution in [2.75, 3.05) is 27.2 Å². The highest BCUT2D eigenvalue weighted by atomic mass is 35.5. The molecule has 1 aliphatic carbocycles. The molecule has 2 N–H and O–H groups in total. The molecule has 1 aromatic rings. The van der Waals surface area contributed by atoms with Crippen molar-refractivity contribution in [2.24, 2.45) is 18.9 Å². The quantitative estimate of drug-likeness (QED) is 0.810. The second kappa shape index (κ2) is 8.86. The Balaban J connectivity index is 0.00000243. The molecule has 2 heterocycles. The fraction of sp³-hybridized carbons (Fsp3) is 0.722. The number of hydrogen-bond donors (Lipinski definition) is 2. The summed E-state index contributed by atoms with van der Waals surface area (Å²) in [6.07, 6.45) is 7.46. The van der Waals surface area contributed by atoms with E-state index in [1.807, 2.05) is 19.4 Å². The van der Waals surface area contributed by atoms with Crippen molar-refractivity contribution in [3.8, 4) is 0 Å². The van der Waals surface area contributed by atoms with Crippen molar-refractivity contribution in [2.45, 2.75) is 37.6 Å². The highest BCUT2D eigenvalue weighted by Gasteiger charge is 2.36. The summed E-state index contributed by atoms with van der Waals surface area (Å²) >= 11 is 0. The van der Waals surface area contributed by atoms with Crippen LogP contribution in [0.1, 0.15) is 37.2 Å². The van der Waals surface area contributed by atoms with E-state index in [2.05, 4.69) is 15.7 Å². The van der Waals surface area contributed by atoms with Crippen molar-refractivity contribution in [1.82, 2.24) is 25.3 Å². The normalized spacial score (nSPS) is 28.3. The lowest BCUT2D eigenvalue weighted by Gasteiger charge is -2.31. The van der Waals surface area contributed by atoms with Gasteiger partial charge < -0.3 is 15.5 Å². The van der Waals surface area contributed by atoms with E-state index in [0.717, 1.165) is 37.8 Å². The first-order valence-electron chi connectivity index (χ1n) is 9.16. The summed E-state index contributed by atoms with van der Waals surface area (Å²) < 4.78 is 1.78. The number of halogens is 1. The predicted molar refractivity (Wildman–Crippen MR) is 102 cm³/mol. The Morgan fingerprint density at radius 3 is 2.73 bits per heavy atom. The average Bonchev–Trinajstić information content (AvgIpc) is 3.22. The van der Waals surface area contributed by atoms with Crippen LogP contribution in [0, 0.1) is 11.8 Å². The highest BCUT2D eigenvalue weighted by Crippen LogP contribution is 2.30. The van der Waals surface area contributed by atoms with Crippen molar-refractivity contribution in [3.63, 3.8) is 0 Å². The van der Waals surface area contributed by atoms with Crippen LogP contribution >= 0.6 is 12.4 Å². The summed E-state index contributed by atoms with van der Waals surface area (Å²) in [5.74, 6) is 0.395. The number of rotatable bonds is 4. The van der Waals surface area contributed by atoms with Gasteiger partial charge >= 0.3 is 0 Å². The summed E-state index contributed by atoms with van der Waals surface area (Å²) in [7, 11) is 5.49. The van der Waals surface area contributed by atoms with E-state index in [9.17, 15) is 9.59 Å². The molecule has 0 bridgehead atoms. The van der Waals surface area contributed by atoms with E-state index in [1.165, 1.54) is 0 Å². The third-order valence-electron chi connectivity index (χ3n) is 5.51. The second-order valence-corrected chi connectivity index (χ2v) is 7.62. The van der Waals surface area contributed by atoms with E-state index < -0.39 is 0 Å². The van der Waals surface area contributed by atoms with Gasteiger partial charge in [-0.2, -0.15) is 5.10 Å². The maximum atomic E-state index is 12.8. The largest absolute Gasteiger partial charge is 0.353 e. The minimum absolute atomic E-state index is 0. The van der Waals surface area contributed by atoms with Crippen LogP contribution < -0.4 is 10.6 Å². The SMILES string of the molecule is CN(C)C(=O)C1CCCC(NC(=O)[C@H]2CNC[C@@H]2c2cnn(C)c2)C1.Cl. The van der Waals surface area contributed by atoms with Crippen LogP contribution in [0.25, 0.3) is 0 Å². The minimum atomic E-state index is -0.0749. The van der Waals surface area contributed by atoms with Crippen molar-refractivity contribution in [3.05, 3.63) is 18.0 Å². The number of aromatic nitrogens is 2. The van der Waals surface area contributed by atoms with E-state index in [1.54, 1.807) is 23.7 Å². The van der Waals surface area contributed by atoms with Gasteiger partial charge in [0, 0.05) is 58.3 Å². The fourth-order valence-electron chi connectivity index (χ4n) is 4.15. The Labute approximate surface area is 161 Å². The Kier molecular flexibility index (Phi) is 7.06. The van der Waals surface area contributed by atoms with Crippen molar-refractivity contribution < 1.29 is 9.59 Å². The zero-order valence-corrected chi connectivity index (χ0v) is 16.6. The van der Waals surface area contributed by atoms with E-state index in [4.69, 9.17) is 0 Å². The van der Waals surface area contributed by atoms with Crippen molar-refractivity contribution >= 4 is 24.2 Å². The van der Waals surface area contributed by atoms with Crippen LogP contribution in [-0.4, -0.2) is 59.7 Å². The lowest BCUT2D eigenvalue weighted by Crippen LogP contribution is -2.45. The summed E-state index contributed by atoms with van der Waals surface area (Å²) in [4.78, 5) is 26.7. The van der Waals surface area contributed by atoms with Gasteiger partial charge in [0.05, 0.1) is 12.1 Å². The molecular weight excluding hydrogens is 354 g/mol. The van der Waals surface area contributed by atoms with Gasteiger partial charge in [-0.3, -0.25) is 14.3 Å². The van der Waals surface area contributed by atoms with Crippen molar-refractivity contribution in [1.29, 1.82) is 0 Å². The molecule has 0 spiro atoms. The number of carbonyl (C=O) groups is 2. The number of nitrogens with one attached hydrogen (secondary N) is 2. The summed E-state index contributed by atoms with van der Waals surface area (Å²) in [6.45, 7) is 1.49. The first kappa shape index (κ1) is 20.7. The van der Waals surface area contributed by atoms with Crippen LogP contribution in [0.15, 0.2) is 12.4 Å². The van der Waals surface area contributed by atoms with Gasteiger partial charge in [0.25, 0.3) is 0 Å². The van der Waals surface area contributed by atoms with Gasteiger partial charge in [-0.25, -0.2) is 0 Å². The summed E-state index contributed by atoms with van der Waals surface area (Å²) in [5, 5.41) is 10.8. The predicted octanol–water partition coefficient (Wildman–Crippen LogP) is 0.908. The third kappa shape index (κ3) is 4.57. The molecule has 2 aliphatic rings. The Bertz CT molecular complexity index is 633. The van der Waals surface area contributed by atoms with Gasteiger partial charge in [-0.1, -0.05) is 6.42 Å². The van der Waals surface area contributed by atoms with Gasteiger partial charge in [-0.15, -0.1) is 12.4 Å². The summed E-state index contributed by atoms with van der Waals surface area (Å²) in [5.41, 5.74) is 1.11. The smallest absolute Gasteiger partial charge is 0.225 e. The zero-order chi connectivity index (χ0) is 18.0. The molecular formula is C18H30ClN5O2. The molecule has 3 rings (SSSR count). The first-order chi connectivity index (χ1) is 12.0. The molecule has 0 aromatic carbocycles. The van der Waals surface area contributed by atoms with E-state index >= 15 is 0 Å². The molecule has 2 amide bonds. The molecule has 4 atom stereocenters. The lowest BCUT2D eigenvalue weighted by molar-refractivity contribution is -0.135. The average molecular weight is 384 g/mol. The van der Waals surface area contributed by atoms with Gasteiger partial charge in [0.15, 0.2) is 0 Å². The third-order valence-corrected chi connectivity index (χ3v) is 5.51. The standard InChI is InChI=1S/C18H29N5O2.ClH/c1-22(2)18(25)12-5-4-6-14(7-12)21-17(24)16-10-19-9-15(16)13-8-20-23(3)11-13;/h8,11-12,14-16,19H,4-7,9-10H2,1-3H3,(H,21,24);1H/t12?,14?,15-,16+;/m1./s1. The van der Waals surface area contributed by atoms with Gasteiger partial charge in [0.2, 0.25) is 11.8 Å². The number of hydrogen-bond acceptors (Lipinski definition) is 4. The Hall–Kier alpha value is -1.60. The topological polar surface area (TPSA) is 79.3 Å². The Morgan fingerprint density at radius 2 is 2.08 bits per heavy atom. The molecule has 1 saturated carbocycles. The van der Waals surface area contributed by atoms with E-state index in [-0.39, 0.29) is 48.0 Å². The zero-order valence-electron chi connectivity index (χ0n) is 15.8. The maximum absolute atomic E-state index is 12.8.